The van der Waals surface area contributed by atoms with E-state index in [1.54, 1.807) is 18.2 Å². The number of nitrogens with one attached hydrogen (secondary N) is 2. The zero-order valence-corrected chi connectivity index (χ0v) is 14.5. The van der Waals surface area contributed by atoms with Gasteiger partial charge in [-0.25, -0.2) is 0 Å². The molecule has 134 valence electrons. The van der Waals surface area contributed by atoms with E-state index in [4.69, 9.17) is 9.15 Å². The molecule has 0 unspecified atom stereocenters. The summed E-state index contributed by atoms with van der Waals surface area (Å²) in [6.45, 7) is 3.34. The van der Waals surface area contributed by atoms with Crippen LogP contribution in [0.15, 0.2) is 46.9 Å². The van der Waals surface area contributed by atoms with Gasteiger partial charge in [0, 0.05) is 18.7 Å². The highest BCUT2D eigenvalue weighted by atomic mass is 16.5. The Hall–Kier alpha value is -3.35. The van der Waals surface area contributed by atoms with Crippen molar-refractivity contribution in [1.29, 1.82) is 0 Å². The number of aryl methyl sites for hydroxylation is 1. The second kappa shape index (κ2) is 7.69. The van der Waals surface area contributed by atoms with Crippen molar-refractivity contribution >= 4 is 34.6 Å². The molecule has 2 aromatic carbocycles. The van der Waals surface area contributed by atoms with Crippen molar-refractivity contribution in [3.63, 3.8) is 0 Å². The number of nitrogens with zero attached hydrogens (tertiary/aromatic N) is 1. The van der Waals surface area contributed by atoms with Gasteiger partial charge in [-0.1, -0.05) is 19.1 Å². The SMILES string of the molecule is CCc1ccc(OCC(=O)Nc2nc3ccc(NC(C)=O)cc3o2)cc1. The molecule has 0 aliphatic carbocycles. The molecule has 0 bridgehead atoms. The first-order valence-electron chi connectivity index (χ1n) is 8.23. The second-order valence-electron chi connectivity index (χ2n) is 5.72. The summed E-state index contributed by atoms with van der Waals surface area (Å²) in [5.74, 6) is 0.0644. The summed E-state index contributed by atoms with van der Waals surface area (Å²) in [6.07, 6.45) is 0.947. The van der Waals surface area contributed by atoms with Crippen LogP contribution in [0.3, 0.4) is 0 Å². The second-order valence-corrected chi connectivity index (χ2v) is 5.72. The maximum atomic E-state index is 12.0. The van der Waals surface area contributed by atoms with Crippen LogP contribution in [0.2, 0.25) is 0 Å². The van der Waals surface area contributed by atoms with E-state index in [1.807, 2.05) is 24.3 Å². The van der Waals surface area contributed by atoms with Crippen molar-refractivity contribution in [2.75, 3.05) is 17.2 Å². The van der Waals surface area contributed by atoms with Gasteiger partial charge >= 0.3 is 6.01 Å². The average Bonchev–Trinajstić information content (AvgIpc) is 3.01. The number of benzene rings is 2. The predicted octanol–water partition coefficient (Wildman–Crippen LogP) is 3.37. The summed E-state index contributed by atoms with van der Waals surface area (Å²) in [5, 5.41) is 5.21. The maximum absolute atomic E-state index is 12.0. The Morgan fingerprint density at radius 1 is 1.12 bits per heavy atom. The van der Waals surface area contributed by atoms with E-state index in [9.17, 15) is 9.59 Å². The minimum absolute atomic E-state index is 0.0786. The van der Waals surface area contributed by atoms with Crippen molar-refractivity contribution in [3.05, 3.63) is 48.0 Å². The van der Waals surface area contributed by atoms with Crippen LogP contribution in [-0.2, 0) is 16.0 Å². The lowest BCUT2D eigenvalue weighted by atomic mass is 10.2. The third kappa shape index (κ3) is 4.38. The van der Waals surface area contributed by atoms with E-state index in [1.165, 1.54) is 12.5 Å². The summed E-state index contributed by atoms with van der Waals surface area (Å²) in [5.41, 5.74) is 2.83. The normalized spacial score (nSPS) is 10.5. The summed E-state index contributed by atoms with van der Waals surface area (Å²) in [6, 6.07) is 12.7. The van der Waals surface area contributed by atoms with Crippen LogP contribution in [0.4, 0.5) is 11.7 Å². The molecule has 2 N–H and O–H groups in total. The van der Waals surface area contributed by atoms with Gasteiger partial charge in [0.2, 0.25) is 5.91 Å². The summed E-state index contributed by atoms with van der Waals surface area (Å²) >= 11 is 0. The minimum atomic E-state index is -0.377. The summed E-state index contributed by atoms with van der Waals surface area (Å²) in [7, 11) is 0. The van der Waals surface area contributed by atoms with Crippen LogP contribution in [-0.4, -0.2) is 23.4 Å². The van der Waals surface area contributed by atoms with Gasteiger partial charge in [-0.15, -0.1) is 0 Å². The fourth-order valence-corrected chi connectivity index (χ4v) is 2.38. The lowest BCUT2D eigenvalue weighted by Gasteiger charge is -2.06. The Morgan fingerprint density at radius 3 is 2.58 bits per heavy atom. The number of fused-ring (bicyclic) bond motifs is 1. The Labute approximate surface area is 150 Å². The van der Waals surface area contributed by atoms with Crippen LogP contribution in [0.1, 0.15) is 19.4 Å². The summed E-state index contributed by atoms with van der Waals surface area (Å²) < 4.78 is 10.9. The van der Waals surface area contributed by atoms with E-state index >= 15 is 0 Å². The Morgan fingerprint density at radius 2 is 1.88 bits per heavy atom. The quantitative estimate of drug-likeness (QED) is 0.709. The zero-order valence-electron chi connectivity index (χ0n) is 14.5. The molecule has 0 aliphatic heterocycles. The van der Waals surface area contributed by atoms with Crippen LogP contribution >= 0.6 is 0 Å². The molecule has 26 heavy (non-hydrogen) atoms. The Balaban J connectivity index is 1.60. The largest absolute Gasteiger partial charge is 0.484 e. The smallest absolute Gasteiger partial charge is 0.302 e. The number of carbonyl (C=O) groups excluding carboxylic acids is 2. The molecule has 3 rings (SSSR count). The molecule has 7 heteroatoms. The third-order valence-corrected chi connectivity index (χ3v) is 3.66. The molecule has 0 fully saturated rings. The highest BCUT2D eigenvalue weighted by Crippen LogP contribution is 2.22. The molecule has 0 atom stereocenters. The van der Waals surface area contributed by atoms with E-state index in [-0.39, 0.29) is 24.4 Å². The minimum Gasteiger partial charge on any atom is -0.484 e. The lowest BCUT2D eigenvalue weighted by molar-refractivity contribution is -0.118. The first-order chi connectivity index (χ1) is 12.5. The molecule has 0 saturated heterocycles. The van der Waals surface area contributed by atoms with Gasteiger partial charge in [0.15, 0.2) is 12.2 Å². The Bertz CT molecular complexity index is 932. The number of aromatic nitrogens is 1. The van der Waals surface area contributed by atoms with Crippen LogP contribution in [0.5, 0.6) is 5.75 Å². The molecular formula is C19H19N3O4. The van der Waals surface area contributed by atoms with Crippen molar-refractivity contribution in [2.45, 2.75) is 20.3 Å². The first-order valence-corrected chi connectivity index (χ1v) is 8.23. The van der Waals surface area contributed by atoms with Crippen molar-refractivity contribution in [2.24, 2.45) is 0 Å². The van der Waals surface area contributed by atoms with Crippen LogP contribution in [0.25, 0.3) is 11.1 Å². The maximum Gasteiger partial charge on any atom is 0.302 e. The van der Waals surface area contributed by atoms with E-state index in [0.717, 1.165) is 6.42 Å². The molecule has 0 saturated carbocycles. The molecule has 2 amide bonds. The number of hydrogen-bond donors (Lipinski definition) is 2. The molecule has 1 aromatic heterocycles. The molecular weight excluding hydrogens is 334 g/mol. The number of anilines is 2. The van der Waals surface area contributed by atoms with Gasteiger partial charge in [-0.3, -0.25) is 14.9 Å². The van der Waals surface area contributed by atoms with Crippen LogP contribution < -0.4 is 15.4 Å². The highest BCUT2D eigenvalue weighted by Gasteiger charge is 2.11. The van der Waals surface area contributed by atoms with Gasteiger partial charge < -0.3 is 14.5 Å². The number of hydrogen-bond acceptors (Lipinski definition) is 5. The summed E-state index contributed by atoms with van der Waals surface area (Å²) in [4.78, 5) is 27.3. The van der Waals surface area contributed by atoms with E-state index < -0.39 is 0 Å². The first kappa shape index (κ1) is 17.5. The Kier molecular flexibility index (Phi) is 5.17. The molecule has 0 radical (unpaired) electrons. The topological polar surface area (TPSA) is 93.5 Å². The fourth-order valence-electron chi connectivity index (χ4n) is 2.38. The number of carbonyl (C=O) groups is 2. The van der Waals surface area contributed by atoms with Gasteiger partial charge in [0.1, 0.15) is 11.3 Å². The van der Waals surface area contributed by atoms with E-state index in [2.05, 4.69) is 22.5 Å². The molecule has 3 aromatic rings. The number of amides is 2. The van der Waals surface area contributed by atoms with Crippen LogP contribution in [0, 0.1) is 0 Å². The van der Waals surface area contributed by atoms with Crippen molar-refractivity contribution < 1.29 is 18.7 Å². The van der Waals surface area contributed by atoms with Crippen molar-refractivity contribution in [3.8, 4) is 5.75 Å². The van der Waals surface area contributed by atoms with Gasteiger partial charge in [-0.05, 0) is 36.2 Å². The number of ether oxygens (including phenoxy) is 1. The monoisotopic (exact) mass is 353 g/mol. The zero-order chi connectivity index (χ0) is 18.5. The molecule has 0 aliphatic rings. The number of rotatable bonds is 6. The van der Waals surface area contributed by atoms with E-state index in [0.29, 0.717) is 22.5 Å². The third-order valence-electron chi connectivity index (χ3n) is 3.66. The van der Waals surface area contributed by atoms with Crippen molar-refractivity contribution in [1.82, 2.24) is 4.98 Å². The van der Waals surface area contributed by atoms with Gasteiger partial charge in [0.05, 0.1) is 0 Å². The molecule has 7 nitrogen and oxygen atoms in total. The highest BCUT2D eigenvalue weighted by molar-refractivity contribution is 5.93. The molecule has 0 spiro atoms. The fraction of sp³-hybridized carbons (Fsp3) is 0.211. The lowest BCUT2D eigenvalue weighted by Crippen LogP contribution is -2.20. The molecule has 1 heterocycles. The predicted molar refractivity (Wildman–Crippen MR) is 98.3 cm³/mol. The average molecular weight is 353 g/mol. The van der Waals surface area contributed by atoms with Gasteiger partial charge in [-0.2, -0.15) is 4.98 Å². The van der Waals surface area contributed by atoms with Gasteiger partial charge in [0.25, 0.3) is 5.91 Å². The number of oxazole rings is 1. The standard InChI is InChI=1S/C19H19N3O4/c1-3-13-4-7-15(8-5-13)25-11-18(24)22-19-21-16-9-6-14(20-12(2)23)10-17(16)26-19/h4-10H,3,11H2,1-2H3,(H,20,23)(H,21,22,24).